The van der Waals surface area contributed by atoms with Gasteiger partial charge in [-0.05, 0) is 37.3 Å². The Kier molecular flexibility index (Phi) is 4.39. The highest BCUT2D eigenvalue weighted by molar-refractivity contribution is 6.31. The lowest BCUT2D eigenvalue weighted by Gasteiger charge is -2.10. The first-order chi connectivity index (χ1) is 10.0. The first-order valence-electron chi connectivity index (χ1n) is 6.02. The molecule has 2 rings (SSSR count). The highest BCUT2D eigenvalue weighted by Crippen LogP contribution is 2.21. The molecule has 1 heterocycles. The number of hydrogen-bond acceptors (Lipinski definition) is 4. The Morgan fingerprint density at radius 3 is 2.76 bits per heavy atom. The number of halogens is 1. The number of pyridine rings is 1. The first kappa shape index (κ1) is 14.8. The van der Waals surface area contributed by atoms with E-state index in [1.165, 1.54) is 12.3 Å². The number of hydrogen-bond donors (Lipinski definition) is 3. The van der Waals surface area contributed by atoms with E-state index in [0.29, 0.717) is 21.8 Å². The molecule has 7 heteroatoms. The summed E-state index contributed by atoms with van der Waals surface area (Å²) in [7, 11) is 0. The summed E-state index contributed by atoms with van der Waals surface area (Å²) in [5.74, 6) is -0.485. The number of anilines is 1. The van der Waals surface area contributed by atoms with Gasteiger partial charge in [0.15, 0.2) is 5.84 Å². The van der Waals surface area contributed by atoms with Crippen LogP contribution in [0.1, 0.15) is 21.6 Å². The molecule has 0 aliphatic rings. The number of aryl methyl sites for hydroxylation is 1. The lowest BCUT2D eigenvalue weighted by molar-refractivity contribution is 0.102. The third-order valence-electron chi connectivity index (χ3n) is 2.79. The van der Waals surface area contributed by atoms with Gasteiger partial charge in [-0.3, -0.25) is 9.78 Å². The molecule has 0 atom stereocenters. The van der Waals surface area contributed by atoms with E-state index in [9.17, 15) is 4.79 Å². The number of amidine groups is 1. The Morgan fingerprint density at radius 1 is 1.38 bits per heavy atom. The van der Waals surface area contributed by atoms with Gasteiger partial charge in [0.2, 0.25) is 0 Å². The van der Waals surface area contributed by atoms with Crippen LogP contribution >= 0.6 is 11.6 Å². The molecule has 2 aromatic rings. The average Bonchev–Trinajstić information content (AvgIpc) is 2.47. The van der Waals surface area contributed by atoms with E-state index >= 15 is 0 Å². The molecule has 0 radical (unpaired) electrons. The number of nitrogens with two attached hydrogens (primary N) is 1. The summed E-state index contributed by atoms with van der Waals surface area (Å²) in [5.41, 5.74) is 7.50. The smallest absolute Gasteiger partial charge is 0.257 e. The lowest BCUT2D eigenvalue weighted by Crippen LogP contribution is -2.19. The fourth-order valence-corrected chi connectivity index (χ4v) is 1.87. The standard InChI is InChI=1S/C14H13ClN4O2/c1-8-2-3-9(7-17-8)14(20)18-12-6-10(15)4-5-11(12)13(16)19-21/h2-7,21H,1H3,(H2,16,19)(H,18,20). The summed E-state index contributed by atoms with van der Waals surface area (Å²) in [6.07, 6.45) is 1.47. The second-order valence-corrected chi connectivity index (χ2v) is 4.75. The zero-order valence-electron chi connectivity index (χ0n) is 11.2. The topological polar surface area (TPSA) is 101 Å². The summed E-state index contributed by atoms with van der Waals surface area (Å²) < 4.78 is 0. The van der Waals surface area contributed by atoms with Crippen LogP contribution in [-0.4, -0.2) is 21.9 Å². The Balaban J connectivity index is 2.32. The predicted octanol–water partition coefficient (Wildman–Crippen LogP) is 2.39. The van der Waals surface area contributed by atoms with Crippen molar-refractivity contribution >= 4 is 29.0 Å². The van der Waals surface area contributed by atoms with Crippen molar-refractivity contribution in [1.29, 1.82) is 0 Å². The van der Waals surface area contributed by atoms with Crippen molar-refractivity contribution in [1.82, 2.24) is 4.98 Å². The monoisotopic (exact) mass is 304 g/mol. The quantitative estimate of drug-likeness (QED) is 0.351. The van der Waals surface area contributed by atoms with Crippen molar-refractivity contribution < 1.29 is 10.0 Å². The zero-order valence-corrected chi connectivity index (χ0v) is 11.9. The van der Waals surface area contributed by atoms with Crippen LogP contribution in [0.5, 0.6) is 0 Å². The van der Waals surface area contributed by atoms with Gasteiger partial charge in [-0.15, -0.1) is 0 Å². The molecule has 1 aromatic heterocycles. The van der Waals surface area contributed by atoms with Gasteiger partial charge in [-0.1, -0.05) is 16.8 Å². The van der Waals surface area contributed by atoms with Crippen molar-refractivity contribution in [3.8, 4) is 0 Å². The maximum absolute atomic E-state index is 12.2. The van der Waals surface area contributed by atoms with Crippen molar-refractivity contribution in [2.45, 2.75) is 6.92 Å². The molecule has 0 saturated carbocycles. The molecule has 0 fully saturated rings. The van der Waals surface area contributed by atoms with Crippen molar-refractivity contribution in [2.75, 3.05) is 5.32 Å². The molecule has 0 aliphatic carbocycles. The SMILES string of the molecule is Cc1ccc(C(=O)Nc2cc(Cl)ccc2C(N)=NO)cn1. The molecule has 21 heavy (non-hydrogen) atoms. The molecule has 0 spiro atoms. The minimum Gasteiger partial charge on any atom is -0.409 e. The van der Waals surface area contributed by atoms with Gasteiger partial charge >= 0.3 is 0 Å². The van der Waals surface area contributed by atoms with Crippen LogP contribution in [-0.2, 0) is 0 Å². The number of carbonyl (C=O) groups is 1. The van der Waals surface area contributed by atoms with Crippen LogP contribution in [0, 0.1) is 6.92 Å². The number of aromatic nitrogens is 1. The van der Waals surface area contributed by atoms with Gasteiger partial charge in [0.25, 0.3) is 5.91 Å². The van der Waals surface area contributed by atoms with Crippen molar-refractivity contribution in [2.24, 2.45) is 10.9 Å². The minimum atomic E-state index is -0.364. The van der Waals surface area contributed by atoms with Crippen LogP contribution in [0.3, 0.4) is 0 Å². The van der Waals surface area contributed by atoms with Gasteiger partial charge in [0.05, 0.1) is 11.3 Å². The average molecular weight is 305 g/mol. The predicted molar refractivity (Wildman–Crippen MR) is 80.9 cm³/mol. The first-order valence-corrected chi connectivity index (χ1v) is 6.40. The second kappa shape index (κ2) is 6.23. The highest BCUT2D eigenvalue weighted by atomic mass is 35.5. The van der Waals surface area contributed by atoms with E-state index in [2.05, 4.69) is 15.5 Å². The molecule has 1 amide bonds. The summed E-state index contributed by atoms with van der Waals surface area (Å²) >= 11 is 5.91. The molecule has 1 aromatic carbocycles. The fraction of sp³-hybridized carbons (Fsp3) is 0.0714. The molecule has 0 saturated heterocycles. The lowest BCUT2D eigenvalue weighted by atomic mass is 10.1. The van der Waals surface area contributed by atoms with E-state index in [4.69, 9.17) is 22.5 Å². The van der Waals surface area contributed by atoms with E-state index < -0.39 is 0 Å². The van der Waals surface area contributed by atoms with E-state index in [0.717, 1.165) is 5.69 Å². The minimum absolute atomic E-state index is 0.121. The molecule has 0 unspecified atom stereocenters. The number of rotatable bonds is 3. The van der Waals surface area contributed by atoms with E-state index in [-0.39, 0.29) is 11.7 Å². The fourth-order valence-electron chi connectivity index (χ4n) is 1.69. The Bertz CT molecular complexity index is 699. The summed E-state index contributed by atoms with van der Waals surface area (Å²) in [6.45, 7) is 1.83. The third kappa shape index (κ3) is 3.49. The largest absolute Gasteiger partial charge is 0.409 e. The normalized spacial score (nSPS) is 11.2. The van der Waals surface area contributed by atoms with E-state index in [1.54, 1.807) is 24.3 Å². The highest BCUT2D eigenvalue weighted by Gasteiger charge is 2.12. The number of carbonyl (C=O) groups excluding carboxylic acids is 1. The van der Waals surface area contributed by atoms with Crippen molar-refractivity contribution in [3.05, 3.63) is 58.4 Å². The molecular weight excluding hydrogens is 292 g/mol. The maximum Gasteiger partial charge on any atom is 0.257 e. The molecule has 0 bridgehead atoms. The van der Waals surface area contributed by atoms with Crippen LogP contribution in [0.15, 0.2) is 41.7 Å². The second-order valence-electron chi connectivity index (χ2n) is 4.32. The van der Waals surface area contributed by atoms with Gasteiger partial charge in [-0.25, -0.2) is 0 Å². The van der Waals surface area contributed by atoms with Crippen LogP contribution < -0.4 is 11.1 Å². The number of oxime groups is 1. The van der Waals surface area contributed by atoms with Crippen LogP contribution in [0.25, 0.3) is 0 Å². The summed E-state index contributed by atoms with van der Waals surface area (Å²) in [6, 6.07) is 8.05. The number of nitrogens with zero attached hydrogens (tertiary/aromatic N) is 2. The molecule has 4 N–H and O–H groups in total. The summed E-state index contributed by atoms with van der Waals surface area (Å²) in [5, 5.41) is 14.8. The molecule has 108 valence electrons. The molecule has 0 aliphatic heterocycles. The molecular formula is C14H13ClN4O2. The van der Waals surface area contributed by atoms with Gasteiger partial charge < -0.3 is 16.3 Å². The van der Waals surface area contributed by atoms with Gasteiger partial charge in [0.1, 0.15) is 0 Å². The number of benzene rings is 1. The van der Waals surface area contributed by atoms with E-state index in [1.807, 2.05) is 6.92 Å². The van der Waals surface area contributed by atoms with Crippen LogP contribution in [0.4, 0.5) is 5.69 Å². The Labute approximate surface area is 126 Å². The Hall–Kier alpha value is -2.60. The Morgan fingerprint density at radius 2 is 2.14 bits per heavy atom. The maximum atomic E-state index is 12.2. The summed E-state index contributed by atoms with van der Waals surface area (Å²) in [4.78, 5) is 16.2. The van der Waals surface area contributed by atoms with Gasteiger partial charge in [0, 0.05) is 22.5 Å². The number of nitrogens with one attached hydrogen (secondary N) is 1. The number of amides is 1. The zero-order chi connectivity index (χ0) is 15.4. The van der Waals surface area contributed by atoms with Crippen molar-refractivity contribution in [3.63, 3.8) is 0 Å². The van der Waals surface area contributed by atoms with Crippen LogP contribution in [0.2, 0.25) is 5.02 Å². The third-order valence-corrected chi connectivity index (χ3v) is 3.02. The van der Waals surface area contributed by atoms with Gasteiger partial charge in [-0.2, -0.15) is 0 Å². The molecule has 6 nitrogen and oxygen atoms in total.